The van der Waals surface area contributed by atoms with E-state index in [0.29, 0.717) is 39.0 Å². The second-order valence-corrected chi connectivity index (χ2v) is 6.33. The Hall–Kier alpha value is -3.31. The highest BCUT2D eigenvalue weighted by Gasteiger charge is 2.11. The molecule has 3 aromatic carbocycles. The van der Waals surface area contributed by atoms with E-state index in [1.54, 1.807) is 55.6 Å². The van der Waals surface area contributed by atoms with Crippen LogP contribution >= 0.6 is 11.6 Å². The van der Waals surface area contributed by atoms with Gasteiger partial charge in [0.15, 0.2) is 5.58 Å². The van der Waals surface area contributed by atoms with Crippen LogP contribution in [-0.2, 0) is 0 Å². The van der Waals surface area contributed by atoms with E-state index in [1.165, 1.54) is 0 Å². The van der Waals surface area contributed by atoms with E-state index in [1.807, 2.05) is 18.2 Å². The van der Waals surface area contributed by atoms with Crippen molar-refractivity contribution in [1.82, 2.24) is 4.98 Å². The minimum atomic E-state index is -0.226. The maximum Gasteiger partial charge on any atom is 0.255 e. The van der Waals surface area contributed by atoms with E-state index in [-0.39, 0.29) is 5.91 Å². The number of nitrogens with one attached hydrogen (secondary N) is 1. The lowest BCUT2D eigenvalue weighted by atomic mass is 10.1. The molecular weight excluding hydrogens is 364 g/mol. The van der Waals surface area contributed by atoms with Crippen molar-refractivity contribution < 1.29 is 13.9 Å². The molecule has 1 heterocycles. The number of methoxy groups -OCH3 is 1. The third-order valence-corrected chi connectivity index (χ3v) is 4.28. The highest BCUT2D eigenvalue weighted by molar-refractivity contribution is 6.31. The predicted molar refractivity (Wildman–Crippen MR) is 105 cm³/mol. The summed E-state index contributed by atoms with van der Waals surface area (Å²) in [6.07, 6.45) is 0. The van der Waals surface area contributed by atoms with Crippen molar-refractivity contribution in [3.63, 3.8) is 0 Å². The molecule has 1 aromatic heterocycles. The number of carbonyl (C=O) groups is 1. The fourth-order valence-corrected chi connectivity index (χ4v) is 2.89. The zero-order chi connectivity index (χ0) is 18.8. The van der Waals surface area contributed by atoms with E-state index in [4.69, 9.17) is 20.8 Å². The molecule has 0 unspecified atom stereocenters. The van der Waals surface area contributed by atoms with Gasteiger partial charge in [0, 0.05) is 21.8 Å². The SMILES string of the molecule is COc1cccc(C(=O)Nc2cccc(-c3nc4cc(Cl)ccc4o3)c2)c1. The maximum atomic E-state index is 12.5. The first-order valence-electron chi connectivity index (χ1n) is 8.24. The Bertz CT molecular complexity index is 1140. The molecule has 0 saturated heterocycles. The van der Waals surface area contributed by atoms with Crippen molar-refractivity contribution in [2.75, 3.05) is 12.4 Å². The first kappa shape index (κ1) is 17.1. The molecule has 0 aliphatic rings. The van der Waals surface area contributed by atoms with Crippen LogP contribution in [0.5, 0.6) is 5.75 Å². The van der Waals surface area contributed by atoms with Gasteiger partial charge in [-0.15, -0.1) is 0 Å². The molecule has 0 spiro atoms. The molecule has 0 radical (unpaired) electrons. The number of ether oxygens (including phenoxy) is 1. The molecule has 4 rings (SSSR count). The summed E-state index contributed by atoms with van der Waals surface area (Å²) < 4.78 is 10.9. The number of halogens is 1. The number of benzene rings is 3. The number of amides is 1. The van der Waals surface area contributed by atoms with Gasteiger partial charge in [0.1, 0.15) is 11.3 Å². The number of aromatic nitrogens is 1. The fourth-order valence-electron chi connectivity index (χ4n) is 2.72. The van der Waals surface area contributed by atoms with Crippen molar-refractivity contribution in [2.24, 2.45) is 0 Å². The summed E-state index contributed by atoms with van der Waals surface area (Å²) in [5.41, 5.74) is 3.24. The normalized spacial score (nSPS) is 10.7. The Morgan fingerprint density at radius 3 is 2.78 bits per heavy atom. The van der Waals surface area contributed by atoms with E-state index in [9.17, 15) is 4.79 Å². The van der Waals surface area contributed by atoms with Gasteiger partial charge in [-0.05, 0) is 54.6 Å². The smallest absolute Gasteiger partial charge is 0.255 e. The van der Waals surface area contributed by atoms with Crippen molar-refractivity contribution in [3.8, 4) is 17.2 Å². The van der Waals surface area contributed by atoms with Crippen LogP contribution in [0, 0.1) is 0 Å². The van der Waals surface area contributed by atoms with Crippen molar-refractivity contribution >= 4 is 34.3 Å². The summed E-state index contributed by atoms with van der Waals surface area (Å²) in [4.78, 5) is 17.0. The lowest BCUT2D eigenvalue weighted by molar-refractivity contribution is 0.102. The van der Waals surface area contributed by atoms with E-state index in [0.717, 1.165) is 5.56 Å². The van der Waals surface area contributed by atoms with Gasteiger partial charge in [-0.1, -0.05) is 23.7 Å². The zero-order valence-corrected chi connectivity index (χ0v) is 15.2. The number of anilines is 1. The van der Waals surface area contributed by atoms with Crippen LogP contribution in [0.4, 0.5) is 5.69 Å². The second kappa shape index (κ2) is 7.13. The van der Waals surface area contributed by atoms with Crippen LogP contribution in [0.2, 0.25) is 5.02 Å². The summed E-state index contributed by atoms with van der Waals surface area (Å²) in [5.74, 6) is 0.863. The van der Waals surface area contributed by atoms with Gasteiger partial charge in [0.05, 0.1) is 7.11 Å². The molecule has 0 aliphatic carbocycles. The quantitative estimate of drug-likeness (QED) is 0.515. The minimum Gasteiger partial charge on any atom is -0.497 e. The number of hydrogen-bond donors (Lipinski definition) is 1. The predicted octanol–water partition coefficient (Wildman–Crippen LogP) is 5.41. The summed E-state index contributed by atoms with van der Waals surface area (Å²) in [7, 11) is 1.56. The highest BCUT2D eigenvalue weighted by atomic mass is 35.5. The number of carbonyl (C=O) groups excluding carboxylic acids is 1. The topological polar surface area (TPSA) is 64.4 Å². The number of hydrogen-bond acceptors (Lipinski definition) is 4. The molecule has 134 valence electrons. The van der Waals surface area contributed by atoms with Gasteiger partial charge >= 0.3 is 0 Å². The summed E-state index contributed by atoms with van der Waals surface area (Å²) in [5, 5.41) is 3.48. The number of rotatable bonds is 4. The highest BCUT2D eigenvalue weighted by Crippen LogP contribution is 2.28. The summed E-state index contributed by atoms with van der Waals surface area (Å²) in [6, 6.07) is 19.6. The van der Waals surface area contributed by atoms with Crippen molar-refractivity contribution in [2.45, 2.75) is 0 Å². The number of oxazole rings is 1. The molecule has 5 nitrogen and oxygen atoms in total. The van der Waals surface area contributed by atoms with Crippen LogP contribution in [0.1, 0.15) is 10.4 Å². The molecule has 1 N–H and O–H groups in total. The molecule has 0 saturated carbocycles. The van der Waals surface area contributed by atoms with Gasteiger partial charge in [-0.2, -0.15) is 0 Å². The molecule has 0 atom stereocenters. The molecular formula is C21H15ClN2O3. The Morgan fingerprint density at radius 2 is 1.93 bits per heavy atom. The maximum absolute atomic E-state index is 12.5. The first-order chi connectivity index (χ1) is 13.1. The molecule has 27 heavy (non-hydrogen) atoms. The van der Waals surface area contributed by atoms with Crippen LogP contribution in [0.25, 0.3) is 22.6 Å². The first-order valence-corrected chi connectivity index (χ1v) is 8.62. The van der Waals surface area contributed by atoms with Crippen molar-refractivity contribution in [1.29, 1.82) is 0 Å². The largest absolute Gasteiger partial charge is 0.497 e. The minimum absolute atomic E-state index is 0.226. The Balaban J connectivity index is 1.60. The lowest BCUT2D eigenvalue weighted by Crippen LogP contribution is -2.11. The zero-order valence-electron chi connectivity index (χ0n) is 14.4. The molecule has 0 aliphatic heterocycles. The fraction of sp³-hybridized carbons (Fsp3) is 0.0476. The standard InChI is InChI=1S/C21H15ClN2O3/c1-26-17-7-3-4-13(11-17)20(25)23-16-6-2-5-14(10-16)21-24-18-12-15(22)8-9-19(18)27-21/h2-12H,1H3,(H,23,25). The molecule has 0 bridgehead atoms. The summed E-state index contributed by atoms with van der Waals surface area (Å²) >= 11 is 6.00. The van der Waals surface area contributed by atoms with Gasteiger partial charge in [0.25, 0.3) is 5.91 Å². The molecule has 6 heteroatoms. The van der Waals surface area contributed by atoms with Crippen LogP contribution in [0.15, 0.2) is 71.1 Å². The Labute approximate surface area is 160 Å². The third kappa shape index (κ3) is 3.64. The average Bonchev–Trinajstić information content (AvgIpc) is 3.11. The Kier molecular flexibility index (Phi) is 4.52. The summed E-state index contributed by atoms with van der Waals surface area (Å²) in [6.45, 7) is 0. The second-order valence-electron chi connectivity index (χ2n) is 5.90. The van der Waals surface area contributed by atoms with Gasteiger partial charge < -0.3 is 14.5 Å². The van der Waals surface area contributed by atoms with Gasteiger partial charge in [-0.25, -0.2) is 4.98 Å². The Morgan fingerprint density at radius 1 is 1.07 bits per heavy atom. The van der Waals surface area contributed by atoms with E-state index >= 15 is 0 Å². The van der Waals surface area contributed by atoms with Crippen LogP contribution in [0.3, 0.4) is 0 Å². The monoisotopic (exact) mass is 378 g/mol. The average molecular weight is 379 g/mol. The lowest BCUT2D eigenvalue weighted by Gasteiger charge is -2.07. The van der Waals surface area contributed by atoms with Crippen LogP contribution < -0.4 is 10.1 Å². The van der Waals surface area contributed by atoms with Crippen LogP contribution in [-0.4, -0.2) is 18.0 Å². The van der Waals surface area contributed by atoms with Gasteiger partial charge in [-0.3, -0.25) is 4.79 Å². The molecule has 1 amide bonds. The number of nitrogens with zero attached hydrogens (tertiary/aromatic N) is 1. The molecule has 4 aromatic rings. The van der Waals surface area contributed by atoms with Gasteiger partial charge in [0.2, 0.25) is 5.89 Å². The van der Waals surface area contributed by atoms with E-state index < -0.39 is 0 Å². The van der Waals surface area contributed by atoms with E-state index in [2.05, 4.69) is 10.3 Å². The molecule has 0 fully saturated rings. The van der Waals surface area contributed by atoms with Crippen molar-refractivity contribution in [3.05, 3.63) is 77.3 Å². The number of fused-ring (bicyclic) bond motifs is 1. The third-order valence-electron chi connectivity index (χ3n) is 4.05.